The monoisotopic (exact) mass is 334 g/mol. The predicted molar refractivity (Wildman–Crippen MR) is 92.1 cm³/mol. The van der Waals surface area contributed by atoms with Crippen LogP contribution in [0.1, 0.15) is 20.3 Å². The maximum atomic E-state index is 11.8. The van der Waals surface area contributed by atoms with Crippen LogP contribution in [0.4, 0.5) is 0 Å². The van der Waals surface area contributed by atoms with Crippen molar-refractivity contribution in [2.24, 2.45) is 0 Å². The summed E-state index contributed by atoms with van der Waals surface area (Å²) in [6, 6.07) is 9.18. The number of benzene rings is 1. The Hall–Kier alpha value is 0.0400. The summed E-state index contributed by atoms with van der Waals surface area (Å²) in [5.41, 5.74) is 0. The first-order chi connectivity index (χ1) is 9.09. The Morgan fingerprint density at radius 1 is 1.21 bits per heavy atom. The zero-order valence-electron chi connectivity index (χ0n) is 11.2. The van der Waals surface area contributed by atoms with Crippen LogP contribution >= 0.6 is 27.2 Å². The summed E-state index contributed by atoms with van der Waals surface area (Å²) in [5.74, 6) is 2.44. The molecule has 0 amide bonds. The standard InChI is InChI=1S/C13H19O2PS3/c1-3-18-16(17,19-4-2)11-10-13(14)15-12-8-6-5-7-9-12/h5-9H,3-4,10-11H2,1-2H3. The molecule has 0 saturated carbocycles. The third kappa shape index (κ3) is 6.84. The smallest absolute Gasteiger partial charge is 0.311 e. The molecule has 0 spiro atoms. The van der Waals surface area contributed by atoms with E-state index in [2.05, 4.69) is 13.8 Å². The second-order valence-electron chi connectivity index (χ2n) is 3.71. The van der Waals surface area contributed by atoms with Crippen LogP contribution < -0.4 is 4.74 Å². The molecular formula is C13H19O2PS3. The zero-order chi connectivity index (χ0) is 14.1. The van der Waals surface area contributed by atoms with E-state index in [1.165, 1.54) is 0 Å². The average Bonchev–Trinajstić information content (AvgIpc) is 2.38. The minimum absolute atomic E-state index is 0.186. The zero-order valence-corrected chi connectivity index (χ0v) is 14.5. The van der Waals surface area contributed by atoms with Gasteiger partial charge in [0.05, 0.1) is 10.9 Å². The van der Waals surface area contributed by atoms with Crippen LogP contribution in [-0.2, 0) is 16.6 Å². The molecule has 106 valence electrons. The van der Waals surface area contributed by atoms with E-state index in [1.807, 2.05) is 41.0 Å². The molecular weight excluding hydrogens is 315 g/mol. The normalized spacial score (nSPS) is 11.3. The lowest BCUT2D eigenvalue weighted by Gasteiger charge is -2.18. The lowest BCUT2D eigenvalue weighted by Crippen LogP contribution is -2.09. The molecule has 0 aromatic heterocycles. The molecule has 1 aromatic carbocycles. The van der Waals surface area contributed by atoms with Crippen LogP contribution in [0.5, 0.6) is 5.75 Å². The molecule has 0 atom stereocenters. The predicted octanol–water partition coefficient (Wildman–Crippen LogP) is 4.80. The maximum Gasteiger partial charge on any atom is 0.311 e. The van der Waals surface area contributed by atoms with Gasteiger partial charge in [0.15, 0.2) is 0 Å². The molecule has 0 aliphatic carbocycles. The largest absolute Gasteiger partial charge is 0.427 e. The Labute approximate surface area is 128 Å². The third-order valence-electron chi connectivity index (χ3n) is 2.22. The van der Waals surface area contributed by atoms with Gasteiger partial charge in [-0.3, -0.25) is 4.79 Å². The molecule has 1 aromatic rings. The van der Waals surface area contributed by atoms with Gasteiger partial charge in [0.1, 0.15) is 5.75 Å². The van der Waals surface area contributed by atoms with Crippen molar-refractivity contribution in [3.05, 3.63) is 30.3 Å². The summed E-state index contributed by atoms with van der Waals surface area (Å²) in [7, 11) is 0. The van der Waals surface area contributed by atoms with Crippen molar-refractivity contribution in [1.29, 1.82) is 0 Å². The quantitative estimate of drug-likeness (QED) is 0.387. The molecule has 2 nitrogen and oxygen atoms in total. The van der Waals surface area contributed by atoms with E-state index in [0.29, 0.717) is 12.2 Å². The van der Waals surface area contributed by atoms with Gasteiger partial charge in [-0.15, -0.1) is 22.8 Å². The Morgan fingerprint density at radius 2 is 1.79 bits per heavy atom. The van der Waals surface area contributed by atoms with E-state index >= 15 is 0 Å². The van der Waals surface area contributed by atoms with Crippen molar-refractivity contribution >= 4 is 45.0 Å². The summed E-state index contributed by atoms with van der Waals surface area (Å²) < 4.78 is 3.77. The summed E-state index contributed by atoms with van der Waals surface area (Å²) >= 11 is 9.38. The maximum absolute atomic E-state index is 11.8. The lowest BCUT2D eigenvalue weighted by molar-refractivity contribution is -0.133. The van der Waals surface area contributed by atoms with E-state index in [1.54, 1.807) is 12.1 Å². The number of ether oxygens (including phenoxy) is 1. The van der Waals surface area contributed by atoms with Crippen LogP contribution in [-0.4, -0.2) is 23.6 Å². The SMILES string of the molecule is CCSP(=S)(CCC(=O)Oc1ccccc1)SCC. The Balaban J connectivity index is 2.46. The minimum atomic E-state index is -1.51. The fraction of sp³-hybridized carbons (Fsp3) is 0.462. The molecule has 0 heterocycles. The van der Waals surface area contributed by atoms with Crippen LogP contribution in [0.15, 0.2) is 30.3 Å². The number of esters is 1. The Morgan fingerprint density at radius 3 is 2.32 bits per heavy atom. The molecule has 1 rings (SSSR count). The van der Waals surface area contributed by atoms with Crippen molar-refractivity contribution in [3.8, 4) is 5.75 Å². The van der Waals surface area contributed by atoms with Crippen LogP contribution in [0.3, 0.4) is 0 Å². The molecule has 0 N–H and O–H groups in total. The van der Waals surface area contributed by atoms with Crippen molar-refractivity contribution in [2.45, 2.75) is 20.3 Å². The Bertz CT molecular complexity index is 427. The molecule has 19 heavy (non-hydrogen) atoms. The summed E-state index contributed by atoms with van der Waals surface area (Å²) in [6.45, 7) is 4.23. The van der Waals surface area contributed by atoms with E-state index < -0.39 is 4.44 Å². The number of para-hydroxylation sites is 1. The number of carbonyl (C=O) groups is 1. The third-order valence-corrected chi connectivity index (χ3v) is 13.6. The highest BCUT2D eigenvalue weighted by atomic mass is 33.2. The van der Waals surface area contributed by atoms with Gasteiger partial charge in [0.2, 0.25) is 0 Å². The first-order valence-electron chi connectivity index (χ1n) is 6.23. The number of carbonyl (C=O) groups excluding carboxylic acids is 1. The van der Waals surface area contributed by atoms with Crippen molar-refractivity contribution < 1.29 is 9.53 Å². The highest BCUT2D eigenvalue weighted by molar-refractivity contribution is 9.00. The van der Waals surface area contributed by atoms with Crippen molar-refractivity contribution in [3.63, 3.8) is 0 Å². The van der Waals surface area contributed by atoms with Crippen LogP contribution in [0.25, 0.3) is 0 Å². The fourth-order valence-corrected chi connectivity index (χ4v) is 11.7. The second-order valence-corrected chi connectivity index (χ2v) is 16.3. The van der Waals surface area contributed by atoms with Gasteiger partial charge >= 0.3 is 5.97 Å². The number of rotatable bonds is 8. The lowest BCUT2D eigenvalue weighted by atomic mass is 10.3. The van der Waals surface area contributed by atoms with Gasteiger partial charge in [-0.05, 0) is 23.6 Å². The van der Waals surface area contributed by atoms with Crippen LogP contribution in [0.2, 0.25) is 0 Å². The second kappa shape index (κ2) is 9.06. The fourth-order valence-electron chi connectivity index (χ4n) is 1.46. The molecule has 6 heteroatoms. The number of hydrogen-bond acceptors (Lipinski definition) is 5. The highest BCUT2D eigenvalue weighted by Crippen LogP contribution is 2.69. The van der Waals surface area contributed by atoms with Gasteiger partial charge < -0.3 is 4.74 Å². The highest BCUT2D eigenvalue weighted by Gasteiger charge is 2.19. The van der Waals surface area contributed by atoms with Gasteiger partial charge in [0, 0.05) is 6.16 Å². The minimum Gasteiger partial charge on any atom is -0.427 e. The number of hydrogen-bond donors (Lipinski definition) is 0. The molecule has 0 bridgehead atoms. The van der Waals surface area contributed by atoms with Crippen LogP contribution in [0, 0.1) is 0 Å². The molecule has 0 saturated heterocycles. The van der Waals surface area contributed by atoms with Gasteiger partial charge in [-0.1, -0.05) is 43.9 Å². The van der Waals surface area contributed by atoms with Gasteiger partial charge in [-0.2, -0.15) is 0 Å². The van der Waals surface area contributed by atoms with E-state index in [0.717, 1.165) is 17.7 Å². The van der Waals surface area contributed by atoms with Gasteiger partial charge in [0.25, 0.3) is 0 Å². The van der Waals surface area contributed by atoms with E-state index in [9.17, 15) is 4.79 Å². The summed E-state index contributed by atoms with van der Waals surface area (Å²) in [5, 5.41) is 0. The molecule has 0 radical (unpaired) electrons. The molecule has 0 aliphatic heterocycles. The van der Waals surface area contributed by atoms with E-state index in [4.69, 9.17) is 16.5 Å². The first kappa shape index (κ1) is 17.1. The van der Waals surface area contributed by atoms with Crippen molar-refractivity contribution in [2.75, 3.05) is 17.7 Å². The average molecular weight is 334 g/mol. The summed E-state index contributed by atoms with van der Waals surface area (Å²) in [6.07, 6.45) is 1.18. The first-order valence-corrected chi connectivity index (χ1v) is 12.4. The van der Waals surface area contributed by atoms with E-state index in [-0.39, 0.29) is 5.97 Å². The summed E-state index contributed by atoms with van der Waals surface area (Å²) in [4.78, 5) is 11.8. The molecule has 0 unspecified atom stereocenters. The Kier molecular flexibility index (Phi) is 8.15. The topological polar surface area (TPSA) is 26.3 Å². The van der Waals surface area contributed by atoms with Crippen molar-refractivity contribution in [1.82, 2.24) is 0 Å². The molecule has 0 aliphatic rings. The molecule has 0 fully saturated rings. The van der Waals surface area contributed by atoms with Gasteiger partial charge in [-0.25, -0.2) is 0 Å².